The van der Waals surface area contributed by atoms with Crippen molar-refractivity contribution < 1.29 is 5.11 Å². The van der Waals surface area contributed by atoms with Gasteiger partial charge >= 0.3 is 0 Å². The van der Waals surface area contributed by atoms with E-state index in [0.717, 1.165) is 22.6 Å². The van der Waals surface area contributed by atoms with Crippen LogP contribution in [0, 0.1) is 25.2 Å². The van der Waals surface area contributed by atoms with Crippen LogP contribution in [-0.4, -0.2) is 9.67 Å². The highest BCUT2D eigenvalue weighted by molar-refractivity contribution is 5.52. The molecule has 1 N–H and O–H groups in total. The lowest BCUT2D eigenvalue weighted by Crippen LogP contribution is -2.02. The van der Waals surface area contributed by atoms with Crippen molar-refractivity contribution in [1.82, 2.24) is 4.57 Å². The molecule has 0 saturated heterocycles. The summed E-state index contributed by atoms with van der Waals surface area (Å²) in [5.74, 6) is 0. The molecule has 1 aromatic carbocycles. The van der Waals surface area contributed by atoms with E-state index in [0.29, 0.717) is 5.56 Å². The number of aromatic nitrogens is 1. The molecule has 0 atom stereocenters. The Hall–Kier alpha value is -2.05. The fourth-order valence-electron chi connectivity index (χ4n) is 2.12. The first-order chi connectivity index (χ1) is 8.19. The van der Waals surface area contributed by atoms with Gasteiger partial charge in [-0.1, -0.05) is 12.1 Å². The van der Waals surface area contributed by atoms with E-state index < -0.39 is 0 Å². The molecule has 0 saturated carbocycles. The van der Waals surface area contributed by atoms with E-state index in [4.69, 9.17) is 5.26 Å². The normalized spacial score (nSPS) is 10.2. The van der Waals surface area contributed by atoms with Gasteiger partial charge < -0.3 is 9.67 Å². The molecule has 3 nitrogen and oxygen atoms in total. The second kappa shape index (κ2) is 4.44. The second-order valence-corrected chi connectivity index (χ2v) is 4.02. The summed E-state index contributed by atoms with van der Waals surface area (Å²) in [6.45, 7) is 3.95. The van der Waals surface area contributed by atoms with E-state index in [-0.39, 0.29) is 6.61 Å². The molecule has 0 aliphatic carbocycles. The largest absolute Gasteiger partial charge is 0.392 e. The number of aliphatic hydroxyl groups is 1. The van der Waals surface area contributed by atoms with E-state index in [1.807, 2.05) is 42.7 Å². The highest BCUT2D eigenvalue weighted by Crippen LogP contribution is 2.23. The lowest BCUT2D eigenvalue weighted by Gasteiger charge is -2.11. The first-order valence-corrected chi connectivity index (χ1v) is 5.47. The predicted molar refractivity (Wildman–Crippen MR) is 65.9 cm³/mol. The highest BCUT2D eigenvalue weighted by atomic mass is 16.3. The summed E-state index contributed by atoms with van der Waals surface area (Å²) in [7, 11) is 0. The van der Waals surface area contributed by atoms with Crippen molar-refractivity contribution in [3.05, 3.63) is 52.8 Å². The highest BCUT2D eigenvalue weighted by Gasteiger charge is 2.12. The fourth-order valence-corrected chi connectivity index (χ4v) is 2.12. The molecule has 86 valence electrons. The zero-order valence-corrected chi connectivity index (χ0v) is 9.94. The Labute approximate surface area is 101 Å². The van der Waals surface area contributed by atoms with Crippen molar-refractivity contribution in [1.29, 1.82) is 5.26 Å². The van der Waals surface area contributed by atoms with E-state index in [1.165, 1.54) is 0 Å². The maximum atomic E-state index is 9.25. The van der Waals surface area contributed by atoms with E-state index in [2.05, 4.69) is 6.07 Å². The minimum atomic E-state index is 0.0222. The Balaban J connectivity index is 2.69. The van der Waals surface area contributed by atoms with Gasteiger partial charge in [-0.05, 0) is 37.6 Å². The Morgan fingerprint density at radius 3 is 2.59 bits per heavy atom. The Morgan fingerprint density at radius 2 is 2.00 bits per heavy atom. The standard InChI is InChI=1S/C14H14N2O/c1-10-7-13(9-17)11(2)16(10)14-6-4-3-5-12(14)8-15/h3-7,17H,9H2,1-2H3. The Kier molecular flexibility index (Phi) is 2.99. The lowest BCUT2D eigenvalue weighted by molar-refractivity contribution is 0.281. The molecule has 0 unspecified atom stereocenters. The minimum absolute atomic E-state index is 0.0222. The fraction of sp³-hybridized carbons (Fsp3) is 0.214. The van der Waals surface area contributed by atoms with Gasteiger partial charge in [0.2, 0.25) is 0 Å². The van der Waals surface area contributed by atoms with Crippen LogP contribution in [0.5, 0.6) is 0 Å². The van der Waals surface area contributed by atoms with Crippen molar-refractivity contribution in [2.24, 2.45) is 0 Å². The molecule has 0 radical (unpaired) electrons. The van der Waals surface area contributed by atoms with Crippen LogP contribution in [0.2, 0.25) is 0 Å². The molecule has 0 aliphatic rings. The average molecular weight is 226 g/mol. The summed E-state index contributed by atoms with van der Waals surface area (Å²) in [5.41, 5.74) is 4.40. The SMILES string of the molecule is Cc1cc(CO)c(C)n1-c1ccccc1C#N. The average Bonchev–Trinajstić information content (AvgIpc) is 2.64. The van der Waals surface area contributed by atoms with Crippen LogP contribution < -0.4 is 0 Å². The van der Waals surface area contributed by atoms with Crippen molar-refractivity contribution in [2.75, 3.05) is 0 Å². The van der Waals surface area contributed by atoms with Crippen LogP contribution in [0.15, 0.2) is 30.3 Å². The van der Waals surface area contributed by atoms with Gasteiger partial charge in [-0.2, -0.15) is 5.26 Å². The molecule has 1 heterocycles. The number of aliphatic hydroxyl groups excluding tert-OH is 1. The number of benzene rings is 1. The summed E-state index contributed by atoms with van der Waals surface area (Å²) >= 11 is 0. The number of nitrogens with zero attached hydrogens (tertiary/aromatic N) is 2. The zero-order chi connectivity index (χ0) is 12.4. The van der Waals surface area contributed by atoms with Gasteiger partial charge in [-0.3, -0.25) is 0 Å². The number of hydrogen-bond acceptors (Lipinski definition) is 2. The summed E-state index contributed by atoms with van der Waals surface area (Å²) < 4.78 is 2.00. The number of rotatable bonds is 2. The van der Waals surface area contributed by atoms with Crippen LogP contribution in [0.25, 0.3) is 5.69 Å². The number of aryl methyl sites for hydroxylation is 1. The Morgan fingerprint density at radius 1 is 1.29 bits per heavy atom. The molecule has 2 aromatic rings. The molecular formula is C14H14N2O. The topological polar surface area (TPSA) is 49.0 Å². The van der Waals surface area contributed by atoms with Crippen molar-refractivity contribution in [2.45, 2.75) is 20.5 Å². The molecule has 3 heteroatoms. The monoisotopic (exact) mass is 226 g/mol. The first kappa shape index (κ1) is 11.4. The van der Waals surface area contributed by atoms with Gasteiger partial charge in [0.05, 0.1) is 17.9 Å². The van der Waals surface area contributed by atoms with Gasteiger partial charge in [0.1, 0.15) is 6.07 Å². The number of hydrogen-bond donors (Lipinski definition) is 1. The van der Waals surface area contributed by atoms with Crippen LogP contribution in [-0.2, 0) is 6.61 Å². The summed E-state index contributed by atoms with van der Waals surface area (Å²) in [6.07, 6.45) is 0. The molecule has 1 aromatic heterocycles. The van der Waals surface area contributed by atoms with Crippen LogP contribution >= 0.6 is 0 Å². The van der Waals surface area contributed by atoms with E-state index in [1.54, 1.807) is 6.07 Å². The van der Waals surface area contributed by atoms with Gasteiger partial charge in [0, 0.05) is 11.4 Å². The van der Waals surface area contributed by atoms with Gasteiger partial charge in [0.15, 0.2) is 0 Å². The molecule has 0 bridgehead atoms. The molecule has 0 spiro atoms. The Bertz CT molecular complexity index is 591. The van der Waals surface area contributed by atoms with Crippen LogP contribution in [0.4, 0.5) is 0 Å². The van der Waals surface area contributed by atoms with Crippen molar-refractivity contribution >= 4 is 0 Å². The third-order valence-electron chi connectivity index (χ3n) is 2.97. The van der Waals surface area contributed by atoms with Gasteiger partial charge in [-0.25, -0.2) is 0 Å². The quantitative estimate of drug-likeness (QED) is 0.855. The maximum absolute atomic E-state index is 9.25. The molecule has 0 aliphatic heterocycles. The summed E-state index contributed by atoms with van der Waals surface area (Å²) in [6, 6.07) is 11.6. The third kappa shape index (κ3) is 1.83. The van der Waals surface area contributed by atoms with Crippen LogP contribution in [0.1, 0.15) is 22.5 Å². The second-order valence-electron chi connectivity index (χ2n) is 4.02. The van der Waals surface area contributed by atoms with Crippen molar-refractivity contribution in [3.63, 3.8) is 0 Å². The molecule has 17 heavy (non-hydrogen) atoms. The maximum Gasteiger partial charge on any atom is 0.101 e. The first-order valence-electron chi connectivity index (χ1n) is 5.47. The van der Waals surface area contributed by atoms with E-state index >= 15 is 0 Å². The zero-order valence-electron chi connectivity index (χ0n) is 9.94. The predicted octanol–water partition coefficient (Wildman–Crippen LogP) is 2.46. The third-order valence-corrected chi connectivity index (χ3v) is 2.97. The summed E-state index contributed by atoms with van der Waals surface area (Å²) in [5, 5.41) is 18.4. The molecule has 0 amide bonds. The van der Waals surface area contributed by atoms with Crippen molar-refractivity contribution in [3.8, 4) is 11.8 Å². The van der Waals surface area contributed by atoms with Crippen LogP contribution in [0.3, 0.4) is 0 Å². The summed E-state index contributed by atoms with van der Waals surface area (Å²) in [4.78, 5) is 0. The number of para-hydroxylation sites is 1. The molecule has 2 rings (SSSR count). The smallest absolute Gasteiger partial charge is 0.101 e. The number of nitriles is 1. The molecule has 0 fully saturated rings. The van der Waals surface area contributed by atoms with E-state index in [9.17, 15) is 5.11 Å². The van der Waals surface area contributed by atoms with Gasteiger partial charge in [-0.15, -0.1) is 0 Å². The van der Waals surface area contributed by atoms with Gasteiger partial charge in [0.25, 0.3) is 0 Å². The minimum Gasteiger partial charge on any atom is -0.392 e. The molecular weight excluding hydrogens is 212 g/mol. The lowest BCUT2D eigenvalue weighted by atomic mass is 10.2.